The molecule has 1 unspecified atom stereocenters. The Kier molecular flexibility index (Phi) is 4.61. The Morgan fingerprint density at radius 3 is 2.09 bits per heavy atom. The summed E-state index contributed by atoms with van der Waals surface area (Å²) in [6, 6.07) is 19.1. The molecule has 0 aliphatic heterocycles. The highest BCUT2D eigenvalue weighted by atomic mass is 35.5. The fraction of sp³-hybridized carbons (Fsp3) is 0.167. The molecule has 0 radical (unpaired) electrons. The van der Waals surface area contributed by atoms with Crippen LogP contribution < -0.4 is 0 Å². The topological polar surface area (TPSA) is 64.7 Å². The van der Waals surface area contributed by atoms with E-state index in [0.717, 1.165) is 5.56 Å². The van der Waals surface area contributed by atoms with Gasteiger partial charge in [-0.15, -0.1) is 0 Å². The van der Waals surface area contributed by atoms with Crippen molar-refractivity contribution in [3.63, 3.8) is 0 Å². The summed E-state index contributed by atoms with van der Waals surface area (Å²) in [6.07, 6.45) is 0. The normalized spacial score (nSPS) is 12.0. The molecule has 2 rings (SSSR count). The fourth-order valence-corrected chi connectivity index (χ4v) is 2.46. The average molecular weight is 309 g/mol. The summed E-state index contributed by atoms with van der Waals surface area (Å²) in [5, 5.41) is 19.7. The molecule has 108 valence electrons. The molecule has 2 aromatic rings. The molecule has 0 aliphatic carbocycles. The second kappa shape index (κ2) is 6.43. The van der Waals surface area contributed by atoms with Crippen molar-refractivity contribution in [2.24, 2.45) is 5.41 Å². The van der Waals surface area contributed by atoms with Crippen LogP contribution in [0.5, 0.6) is 0 Å². The zero-order chi connectivity index (χ0) is 16.2. The number of benzene rings is 2. The first-order chi connectivity index (χ1) is 10.5. The van der Waals surface area contributed by atoms with Crippen molar-refractivity contribution in [3.8, 4) is 12.1 Å². The largest absolute Gasteiger partial charge is 0.291 e. The van der Waals surface area contributed by atoms with Crippen molar-refractivity contribution in [1.82, 2.24) is 0 Å². The molecule has 0 N–H and O–H groups in total. The van der Waals surface area contributed by atoms with Crippen molar-refractivity contribution in [2.75, 3.05) is 0 Å². The molecule has 0 saturated heterocycles. The standard InChI is InChI=1S/C18H13ClN2O/c1-13(14-7-9-16(19)10-8-14)18(11-20,12-21)17(22)15-5-3-2-4-6-15/h2-10,13H,1H3. The Bertz CT molecular complexity index is 740. The molecule has 1 atom stereocenters. The fourth-order valence-electron chi connectivity index (χ4n) is 2.34. The van der Waals surface area contributed by atoms with Gasteiger partial charge in [-0.1, -0.05) is 61.0 Å². The number of hydrogen-bond donors (Lipinski definition) is 0. The Morgan fingerprint density at radius 1 is 1.05 bits per heavy atom. The third-order valence-electron chi connectivity index (χ3n) is 3.77. The van der Waals surface area contributed by atoms with Gasteiger partial charge in [-0.2, -0.15) is 10.5 Å². The summed E-state index contributed by atoms with van der Waals surface area (Å²) >= 11 is 5.86. The van der Waals surface area contributed by atoms with Gasteiger partial charge in [0.05, 0.1) is 12.1 Å². The van der Waals surface area contributed by atoms with E-state index in [2.05, 4.69) is 0 Å². The van der Waals surface area contributed by atoms with Gasteiger partial charge in [0.25, 0.3) is 0 Å². The molecule has 0 saturated carbocycles. The lowest BCUT2D eigenvalue weighted by molar-refractivity contribution is 0.0888. The van der Waals surface area contributed by atoms with E-state index in [0.29, 0.717) is 10.6 Å². The van der Waals surface area contributed by atoms with Gasteiger partial charge in [0, 0.05) is 16.5 Å². The van der Waals surface area contributed by atoms with E-state index in [1.54, 1.807) is 61.5 Å². The number of nitrogens with zero attached hydrogens (tertiary/aromatic N) is 2. The van der Waals surface area contributed by atoms with E-state index >= 15 is 0 Å². The van der Waals surface area contributed by atoms with Crippen molar-refractivity contribution in [3.05, 3.63) is 70.7 Å². The summed E-state index contributed by atoms with van der Waals surface area (Å²) in [4.78, 5) is 12.7. The maximum Gasteiger partial charge on any atom is 0.212 e. The van der Waals surface area contributed by atoms with Crippen LogP contribution in [-0.4, -0.2) is 5.78 Å². The lowest BCUT2D eigenvalue weighted by Gasteiger charge is -2.25. The van der Waals surface area contributed by atoms with Crippen molar-refractivity contribution in [1.29, 1.82) is 10.5 Å². The second-order valence-electron chi connectivity index (χ2n) is 5.00. The maximum absolute atomic E-state index is 12.7. The van der Waals surface area contributed by atoms with Gasteiger partial charge in [0.2, 0.25) is 5.41 Å². The molecule has 3 nitrogen and oxygen atoms in total. The lowest BCUT2D eigenvalue weighted by atomic mass is 9.70. The monoisotopic (exact) mass is 308 g/mol. The SMILES string of the molecule is CC(c1ccc(Cl)cc1)C(C#N)(C#N)C(=O)c1ccccc1. The summed E-state index contributed by atoms with van der Waals surface area (Å²) in [7, 11) is 0. The number of carbonyl (C=O) groups is 1. The van der Waals surface area contributed by atoms with Crippen molar-refractivity contribution in [2.45, 2.75) is 12.8 Å². The predicted molar refractivity (Wildman–Crippen MR) is 84.3 cm³/mol. The molecule has 0 fully saturated rings. The number of halogens is 1. The minimum absolute atomic E-state index is 0.353. The van der Waals surface area contributed by atoms with Gasteiger partial charge < -0.3 is 0 Å². The van der Waals surface area contributed by atoms with Crippen LogP contribution in [-0.2, 0) is 0 Å². The first-order valence-corrected chi connectivity index (χ1v) is 7.11. The predicted octanol–water partition coefficient (Wildman–Crippen LogP) is 4.36. The van der Waals surface area contributed by atoms with Gasteiger partial charge in [0.1, 0.15) is 0 Å². The number of carbonyl (C=O) groups excluding carboxylic acids is 1. The Labute approximate surface area is 134 Å². The van der Waals surface area contributed by atoms with Crippen LogP contribution >= 0.6 is 11.6 Å². The third kappa shape index (κ3) is 2.72. The molecular formula is C18H13ClN2O. The van der Waals surface area contributed by atoms with E-state index in [1.165, 1.54) is 0 Å². The smallest absolute Gasteiger partial charge is 0.212 e. The van der Waals surface area contributed by atoms with Gasteiger partial charge in [-0.25, -0.2) is 0 Å². The van der Waals surface area contributed by atoms with Gasteiger partial charge in [-0.3, -0.25) is 4.79 Å². The average Bonchev–Trinajstić information content (AvgIpc) is 2.57. The molecule has 0 amide bonds. The number of ketones is 1. The van der Waals surface area contributed by atoms with Crippen LogP contribution in [0.3, 0.4) is 0 Å². The number of rotatable bonds is 4. The summed E-state index contributed by atoms with van der Waals surface area (Å²) in [5.74, 6) is -1.06. The molecule has 2 aromatic carbocycles. The minimum Gasteiger partial charge on any atom is -0.291 e. The van der Waals surface area contributed by atoms with Crippen LogP contribution in [0.1, 0.15) is 28.8 Å². The molecule has 22 heavy (non-hydrogen) atoms. The van der Waals surface area contributed by atoms with Gasteiger partial charge >= 0.3 is 0 Å². The van der Waals surface area contributed by atoms with Gasteiger partial charge in [-0.05, 0) is 17.7 Å². The second-order valence-corrected chi connectivity index (χ2v) is 5.44. The van der Waals surface area contributed by atoms with Crippen LogP contribution in [0.15, 0.2) is 54.6 Å². The molecule has 4 heteroatoms. The molecule has 0 bridgehead atoms. The van der Waals surface area contributed by atoms with Crippen LogP contribution in [0.4, 0.5) is 0 Å². The number of nitriles is 2. The molecule has 0 aromatic heterocycles. The molecule has 0 spiro atoms. The van der Waals surface area contributed by atoms with Crippen LogP contribution in [0, 0.1) is 28.1 Å². The van der Waals surface area contributed by atoms with Gasteiger partial charge in [0.15, 0.2) is 5.78 Å². The third-order valence-corrected chi connectivity index (χ3v) is 4.02. The zero-order valence-corrected chi connectivity index (χ0v) is 12.7. The number of hydrogen-bond acceptors (Lipinski definition) is 3. The number of Topliss-reactive ketones (excluding diaryl/α,β-unsaturated/α-hetero) is 1. The highest BCUT2D eigenvalue weighted by molar-refractivity contribution is 6.30. The Morgan fingerprint density at radius 2 is 1.59 bits per heavy atom. The van der Waals surface area contributed by atoms with E-state index in [1.807, 2.05) is 12.1 Å². The molecule has 0 heterocycles. The van der Waals surface area contributed by atoms with E-state index < -0.39 is 17.1 Å². The molecule has 0 aliphatic rings. The van der Waals surface area contributed by atoms with E-state index in [9.17, 15) is 15.3 Å². The molecular weight excluding hydrogens is 296 g/mol. The summed E-state index contributed by atoms with van der Waals surface area (Å²) in [6.45, 7) is 1.70. The van der Waals surface area contributed by atoms with Crippen molar-refractivity contribution >= 4 is 17.4 Å². The maximum atomic E-state index is 12.7. The van der Waals surface area contributed by atoms with E-state index in [4.69, 9.17) is 11.6 Å². The highest BCUT2D eigenvalue weighted by Crippen LogP contribution is 2.38. The first kappa shape index (κ1) is 15.8. The highest BCUT2D eigenvalue weighted by Gasteiger charge is 2.45. The van der Waals surface area contributed by atoms with E-state index in [-0.39, 0.29) is 0 Å². The Hall–Kier alpha value is -2.62. The van der Waals surface area contributed by atoms with Crippen LogP contribution in [0.25, 0.3) is 0 Å². The quantitative estimate of drug-likeness (QED) is 0.788. The minimum atomic E-state index is -1.77. The Balaban J connectivity index is 2.49. The lowest BCUT2D eigenvalue weighted by Crippen LogP contribution is -2.33. The zero-order valence-electron chi connectivity index (χ0n) is 12.0. The van der Waals surface area contributed by atoms with Crippen LogP contribution in [0.2, 0.25) is 5.02 Å². The summed E-state index contributed by atoms with van der Waals surface area (Å²) < 4.78 is 0. The van der Waals surface area contributed by atoms with Crippen molar-refractivity contribution < 1.29 is 4.79 Å². The summed E-state index contributed by atoms with van der Waals surface area (Å²) in [5.41, 5.74) is -0.696. The first-order valence-electron chi connectivity index (χ1n) is 6.73.